The highest BCUT2D eigenvalue weighted by atomic mass is 14.5. The van der Waals surface area contributed by atoms with Gasteiger partial charge in [0.2, 0.25) is 0 Å². The van der Waals surface area contributed by atoms with Crippen LogP contribution in [0.3, 0.4) is 0 Å². The summed E-state index contributed by atoms with van der Waals surface area (Å²) in [5, 5.41) is 0. The molecule has 0 spiro atoms. The molecule has 0 saturated heterocycles. The van der Waals surface area contributed by atoms with Crippen LogP contribution in [0.25, 0.3) is 0 Å². The van der Waals surface area contributed by atoms with E-state index in [9.17, 15) is 0 Å². The minimum atomic E-state index is 0.846. The van der Waals surface area contributed by atoms with Crippen molar-refractivity contribution < 1.29 is 0 Å². The van der Waals surface area contributed by atoms with Gasteiger partial charge in [0.1, 0.15) is 0 Å². The predicted octanol–water partition coefficient (Wildman–Crippen LogP) is 3.36. The third kappa shape index (κ3) is 13.7. The van der Waals surface area contributed by atoms with E-state index in [-0.39, 0.29) is 0 Å². The summed E-state index contributed by atoms with van der Waals surface area (Å²) in [6, 6.07) is 0. The molecule has 0 atom stereocenters. The molecule has 0 heterocycles. The molecule has 96 valence electrons. The Morgan fingerprint density at radius 3 is 1.25 bits per heavy atom. The number of allylic oxidation sites excluding steroid dienone is 2. The summed E-state index contributed by atoms with van der Waals surface area (Å²) in [7, 11) is 0. The smallest absolute Gasteiger partial charge is 0.00773 e. The van der Waals surface area contributed by atoms with Gasteiger partial charge in [0.25, 0.3) is 0 Å². The van der Waals surface area contributed by atoms with Crippen LogP contribution in [0, 0.1) is 0 Å². The number of nitrogens with two attached hydrogens (primary N) is 2. The molecule has 0 fully saturated rings. The lowest BCUT2D eigenvalue weighted by Gasteiger charge is -1.97. The van der Waals surface area contributed by atoms with Crippen LogP contribution in [0.5, 0.6) is 0 Å². The predicted molar refractivity (Wildman–Crippen MR) is 73.4 cm³/mol. The summed E-state index contributed by atoms with van der Waals surface area (Å²) in [6.07, 6.45) is 17.4. The van der Waals surface area contributed by atoms with E-state index in [1.807, 2.05) is 0 Å². The van der Waals surface area contributed by atoms with Crippen LogP contribution in [0.15, 0.2) is 12.2 Å². The highest BCUT2D eigenvalue weighted by Crippen LogP contribution is 2.05. The van der Waals surface area contributed by atoms with E-state index < -0.39 is 0 Å². The molecule has 0 unspecified atom stereocenters. The first-order valence-electron chi connectivity index (χ1n) is 6.97. The van der Waals surface area contributed by atoms with Crippen LogP contribution in [-0.4, -0.2) is 13.1 Å². The van der Waals surface area contributed by atoms with Gasteiger partial charge in [-0.15, -0.1) is 0 Å². The molecule has 0 radical (unpaired) electrons. The van der Waals surface area contributed by atoms with E-state index in [1.54, 1.807) is 0 Å². The van der Waals surface area contributed by atoms with Crippen molar-refractivity contribution in [1.82, 2.24) is 0 Å². The molecule has 2 heteroatoms. The van der Waals surface area contributed by atoms with Gasteiger partial charge in [-0.3, -0.25) is 0 Å². The summed E-state index contributed by atoms with van der Waals surface area (Å²) in [5.41, 5.74) is 10.9. The lowest BCUT2D eigenvalue weighted by Crippen LogP contribution is -1.97. The van der Waals surface area contributed by atoms with Crippen molar-refractivity contribution in [2.75, 3.05) is 13.1 Å². The monoisotopic (exact) mass is 226 g/mol. The zero-order valence-corrected chi connectivity index (χ0v) is 10.8. The van der Waals surface area contributed by atoms with E-state index in [4.69, 9.17) is 11.5 Å². The van der Waals surface area contributed by atoms with E-state index in [1.165, 1.54) is 64.2 Å². The van der Waals surface area contributed by atoms with E-state index >= 15 is 0 Å². The Bertz CT molecular complexity index is 128. The van der Waals surface area contributed by atoms with Crippen LogP contribution >= 0.6 is 0 Å². The van der Waals surface area contributed by atoms with Crippen molar-refractivity contribution in [2.45, 2.75) is 64.2 Å². The van der Waals surface area contributed by atoms with Crippen LogP contribution in [-0.2, 0) is 0 Å². The standard InChI is InChI=1S/C14H30N2/c15-13-11-9-7-5-3-1-2-4-6-8-10-12-14-16/h1-2H,3-16H2. The van der Waals surface area contributed by atoms with Crippen molar-refractivity contribution in [3.8, 4) is 0 Å². The van der Waals surface area contributed by atoms with Crippen molar-refractivity contribution in [3.63, 3.8) is 0 Å². The number of rotatable bonds is 12. The van der Waals surface area contributed by atoms with Crippen molar-refractivity contribution >= 4 is 0 Å². The quantitative estimate of drug-likeness (QED) is 0.396. The van der Waals surface area contributed by atoms with Gasteiger partial charge < -0.3 is 11.5 Å². The molecule has 0 aromatic rings. The first-order chi connectivity index (χ1) is 7.91. The molecular formula is C14H30N2. The minimum absolute atomic E-state index is 0.846. The molecule has 4 N–H and O–H groups in total. The van der Waals surface area contributed by atoms with Crippen LogP contribution in [0.1, 0.15) is 64.2 Å². The van der Waals surface area contributed by atoms with Gasteiger partial charge in [-0.1, -0.05) is 37.8 Å². The summed E-state index contributed by atoms with van der Waals surface area (Å²) in [5.74, 6) is 0. The van der Waals surface area contributed by atoms with E-state index in [0.717, 1.165) is 13.1 Å². The van der Waals surface area contributed by atoms with Gasteiger partial charge in [-0.25, -0.2) is 0 Å². The molecule has 0 aromatic carbocycles. The summed E-state index contributed by atoms with van der Waals surface area (Å²) in [4.78, 5) is 0. The summed E-state index contributed by atoms with van der Waals surface area (Å²) in [6.45, 7) is 1.69. The number of hydrogen-bond acceptors (Lipinski definition) is 2. The van der Waals surface area contributed by atoms with E-state index in [0.29, 0.717) is 0 Å². The fourth-order valence-corrected chi connectivity index (χ4v) is 1.76. The molecule has 0 aliphatic carbocycles. The van der Waals surface area contributed by atoms with Crippen molar-refractivity contribution in [2.24, 2.45) is 11.5 Å². The molecule has 0 amide bonds. The Morgan fingerprint density at radius 2 is 0.875 bits per heavy atom. The maximum absolute atomic E-state index is 5.44. The molecular weight excluding hydrogens is 196 g/mol. The number of hydrogen-bond donors (Lipinski definition) is 2. The average molecular weight is 226 g/mol. The maximum atomic E-state index is 5.44. The van der Waals surface area contributed by atoms with Crippen LogP contribution in [0.4, 0.5) is 0 Å². The molecule has 0 rings (SSSR count). The molecule has 2 nitrogen and oxygen atoms in total. The first-order valence-corrected chi connectivity index (χ1v) is 6.97. The Balaban J connectivity index is 2.98. The molecule has 16 heavy (non-hydrogen) atoms. The average Bonchev–Trinajstić information content (AvgIpc) is 2.31. The summed E-state index contributed by atoms with van der Waals surface area (Å²) < 4.78 is 0. The Labute approximate surface area is 101 Å². The molecule has 0 aliphatic rings. The van der Waals surface area contributed by atoms with Gasteiger partial charge in [-0.05, 0) is 51.6 Å². The molecule has 0 aliphatic heterocycles. The van der Waals surface area contributed by atoms with E-state index in [2.05, 4.69) is 12.2 Å². The first kappa shape index (κ1) is 15.7. The van der Waals surface area contributed by atoms with Crippen LogP contribution in [0.2, 0.25) is 0 Å². The fraction of sp³-hybridized carbons (Fsp3) is 0.857. The Morgan fingerprint density at radius 1 is 0.500 bits per heavy atom. The van der Waals surface area contributed by atoms with Gasteiger partial charge >= 0.3 is 0 Å². The molecule has 0 aromatic heterocycles. The largest absolute Gasteiger partial charge is 0.330 e. The highest BCUT2D eigenvalue weighted by molar-refractivity contribution is 4.81. The zero-order chi connectivity index (χ0) is 11.9. The Hall–Kier alpha value is -0.340. The minimum Gasteiger partial charge on any atom is -0.330 e. The van der Waals surface area contributed by atoms with Crippen molar-refractivity contribution in [1.29, 1.82) is 0 Å². The lowest BCUT2D eigenvalue weighted by atomic mass is 10.1. The topological polar surface area (TPSA) is 52.0 Å². The maximum Gasteiger partial charge on any atom is -0.00773 e. The van der Waals surface area contributed by atoms with Gasteiger partial charge in [0.15, 0.2) is 0 Å². The Kier molecular flexibility index (Phi) is 14.3. The van der Waals surface area contributed by atoms with Gasteiger partial charge in [-0.2, -0.15) is 0 Å². The third-order valence-corrected chi connectivity index (χ3v) is 2.82. The third-order valence-electron chi connectivity index (χ3n) is 2.82. The summed E-state index contributed by atoms with van der Waals surface area (Å²) >= 11 is 0. The molecule has 0 saturated carbocycles. The fourth-order valence-electron chi connectivity index (χ4n) is 1.76. The second kappa shape index (κ2) is 14.7. The second-order valence-corrected chi connectivity index (χ2v) is 4.45. The highest BCUT2D eigenvalue weighted by Gasteiger charge is 1.88. The zero-order valence-electron chi connectivity index (χ0n) is 10.8. The van der Waals surface area contributed by atoms with Crippen LogP contribution < -0.4 is 11.5 Å². The normalized spacial score (nSPS) is 11.4. The number of unbranched alkanes of at least 4 members (excludes halogenated alkanes) is 8. The van der Waals surface area contributed by atoms with Crippen molar-refractivity contribution in [3.05, 3.63) is 12.2 Å². The molecule has 0 bridgehead atoms. The van der Waals surface area contributed by atoms with Gasteiger partial charge in [0, 0.05) is 0 Å². The second-order valence-electron chi connectivity index (χ2n) is 4.45. The van der Waals surface area contributed by atoms with Gasteiger partial charge in [0.05, 0.1) is 0 Å². The SMILES string of the molecule is NCCCCCCC=CCCCCCCN. The lowest BCUT2D eigenvalue weighted by molar-refractivity contribution is 0.645.